The van der Waals surface area contributed by atoms with Crippen molar-refractivity contribution in [2.75, 3.05) is 0 Å². The van der Waals surface area contributed by atoms with Gasteiger partial charge in [0.2, 0.25) is 0 Å². The van der Waals surface area contributed by atoms with Crippen molar-refractivity contribution in [3.05, 3.63) is 101 Å². The van der Waals surface area contributed by atoms with E-state index in [0.29, 0.717) is 22.2 Å². The smallest absolute Gasteiger partial charge is 0.313 e. The summed E-state index contributed by atoms with van der Waals surface area (Å²) in [5, 5.41) is 0. The van der Waals surface area contributed by atoms with Crippen molar-refractivity contribution in [3.63, 3.8) is 0 Å². The van der Waals surface area contributed by atoms with Gasteiger partial charge in [0.05, 0.1) is 22.3 Å². The van der Waals surface area contributed by atoms with Gasteiger partial charge < -0.3 is 4.40 Å². The van der Waals surface area contributed by atoms with Crippen LogP contribution in [0.3, 0.4) is 0 Å². The molecule has 0 bridgehead atoms. The molecule has 2 heterocycles. The van der Waals surface area contributed by atoms with Crippen LogP contribution in [0.1, 0.15) is 38.9 Å². The maximum absolute atomic E-state index is 13.4. The zero-order chi connectivity index (χ0) is 21.5. The van der Waals surface area contributed by atoms with Crippen LogP contribution in [0.5, 0.6) is 0 Å². The van der Waals surface area contributed by atoms with Crippen LogP contribution < -0.4 is 0 Å². The number of aromatic nitrogens is 1. The van der Waals surface area contributed by atoms with Gasteiger partial charge >= 0.3 is 6.18 Å². The molecule has 0 aliphatic heterocycles. The minimum atomic E-state index is -4.48. The Hall–Kier alpha value is -3.67. The molecular formula is C24H16F3NO2. The number of hydrogen-bond acceptors (Lipinski definition) is 2. The number of rotatable bonds is 4. The summed E-state index contributed by atoms with van der Waals surface area (Å²) in [7, 11) is 0. The fourth-order valence-electron chi connectivity index (χ4n) is 3.63. The summed E-state index contributed by atoms with van der Waals surface area (Å²) in [5.41, 5.74) is 1.39. The quantitative estimate of drug-likeness (QED) is 0.386. The molecule has 3 nitrogen and oxygen atoms in total. The molecule has 4 aromatic rings. The van der Waals surface area contributed by atoms with Gasteiger partial charge in [0, 0.05) is 24.2 Å². The van der Waals surface area contributed by atoms with Gasteiger partial charge in [0.15, 0.2) is 11.6 Å². The lowest BCUT2D eigenvalue weighted by Gasteiger charge is -2.10. The predicted molar refractivity (Wildman–Crippen MR) is 108 cm³/mol. The first kappa shape index (κ1) is 19.6. The highest BCUT2D eigenvalue weighted by Crippen LogP contribution is 2.37. The van der Waals surface area contributed by atoms with E-state index in [4.69, 9.17) is 0 Å². The lowest BCUT2D eigenvalue weighted by Crippen LogP contribution is -2.06. The summed E-state index contributed by atoms with van der Waals surface area (Å²) < 4.78 is 40.7. The molecule has 0 saturated heterocycles. The first-order valence-corrected chi connectivity index (χ1v) is 9.20. The van der Waals surface area contributed by atoms with Crippen molar-refractivity contribution in [3.8, 4) is 11.1 Å². The summed E-state index contributed by atoms with van der Waals surface area (Å²) in [4.78, 5) is 26.0. The van der Waals surface area contributed by atoms with E-state index < -0.39 is 11.7 Å². The Bertz CT molecular complexity index is 1250. The number of alkyl halides is 3. The monoisotopic (exact) mass is 407 g/mol. The Labute approximate surface area is 170 Å². The number of halogens is 3. The second-order valence-electron chi connectivity index (χ2n) is 6.88. The fourth-order valence-corrected chi connectivity index (χ4v) is 3.63. The van der Waals surface area contributed by atoms with E-state index in [-0.39, 0.29) is 22.8 Å². The minimum absolute atomic E-state index is 0.254. The lowest BCUT2D eigenvalue weighted by atomic mass is 9.93. The van der Waals surface area contributed by atoms with E-state index in [9.17, 15) is 22.8 Å². The summed E-state index contributed by atoms with van der Waals surface area (Å²) in [6.45, 7) is 1.37. The molecule has 0 aliphatic carbocycles. The molecule has 2 aromatic heterocycles. The number of benzene rings is 2. The van der Waals surface area contributed by atoms with E-state index in [1.54, 1.807) is 59.1 Å². The molecule has 2 aromatic carbocycles. The molecule has 30 heavy (non-hydrogen) atoms. The number of fused-ring (bicyclic) bond motifs is 1. The summed E-state index contributed by atoms with van der Waals surface area (Å²) in [6, 6.07) is 18.3. The van der Waals surface area contributed by atoms with Gasteiger partial charge in [-0.15, -0.1) is 0 Å². The molecule has 0 N–H and O–H groups in total. The lowest BCUT2D eigenvalue weighted by molar-refractivity contribution is -0.137. The molecule has 0 aliphatic rings. The van der Waals surface area contributed by atoms with Gasteiger partial charge in [0.25, 0.3) is 0 Å². The highest BCUT2D eigenvalue weighted by molar-refractivity contribution is 6.20. The Kier molecular flexibility index (Phi) is 4.78. The Morgan fingerprint density at radius 3 is 2.07 bits per heavy atom. The van der Waals surface area contributed by atoms with E-state index in [2.05, 4.69) is 0 Å². The summed E-state index contributed by atoms with van der Waals surface area (Å²) in [6.07, 6.45) is -2.81. The average Bonchev–Trinajstić information content (AvgIpc) is 3.09. The van der Waals surface area contributed by atoms with Gasteiger partial charge in [-0.3, -0.25) is 9.59 Å². The fraction of sp³-hybridized carbons (Fsp3) is 0.0833. The molecule has 0 unspecified atom stereocenters. The van der Waals surface area contributed by atoms with Crippen molar-refractivity contribution >= 4 is 17.1 Å². The second-order valence-corrected chi connectivity index (χ2v) is 6.88. The molecule has 0 atom stereocenters. The van der Waals surface area contributed by atoms with Crippen LogP contribution in [0.15, 0.2) is 79.0 Å². The number of carbonyl (C=O) groups excluding carboxylic acids is 2. The maximum Gasteiger partial charge on any atom is 0.416 e. The van der Waals surface area contributed by atoms with E-state index >= 15 is 0 Å². The average molecular weight is 407 g/mol. The number of ketones is 2. The number of carbonyl (C=O) groups is 2. The molecule has 0 amide bonds. The van der Waals surface area contributed by atoms with Crippen LogP contribution in [-0.4, -0.2) is 16.0 Å². The molecule has 6 heteroatoms. The van der Waals surface area contributed by atoms with Crippen molar-refractivity contribution < 1.29 is 22.8 Å². The molecule has 4 rings (SSSR count). The van der Waals surface area contributed by atoms with Crippen molar-refractivity contribution in [1.29, 1.82) is 0 Å². The number of pyridine rings is 1. The van der Waals surface area contributed by atoms with Crippen LogP contribution in [0, 0.1) is 0 Å². The van der Waals surface area contributed by atoms with E-state index in [1.807, 2.05) is 0 Å². The van der Waals surface area contributed by atoms with Gasteiger partial charge in [-0.05, 0) is 29.8 Å². The third-order valence-corrected chi connectivity index (χ3v) is 4.94. The van der Waals surface area contributed by atoms with Crippen LogP contribution in [-0.2, 0) is 6.18 Å². The summed E-state index contributed by atoms with van der Waals surface area (Å²) in [5.74, 6) is -0.597. The Morgan fingerprint density at radius 1 is 0.833 bits per heavy atom. The largest absolute Gasteiger partial charge is 0.416 e. The Morgan fingerprint density at radius 2 is 1.47 bits per heavy atom. The van der Waals surface area contributed by atoms with Crippen molar-refractivity contribution in [1.82, 2.24) is 4.40 Å². The molecule has 0 fully saturated rings. The van der Waals surface area contributed by atoms with Gasteiger partial charge in [0.1, 0.15) is 0 Å². The van der Waals surface area contributed by atoms with Crippen molar-refractivity contribution in [2.45, 2.75) is 13.1 Å². The Balaban J connectivity index is 2.04. The van der Waals surface area contributed by atoms with E-state index in [0.717, 1.165) is 12.1 Å². The third kappa shape index (κ3) is 3.30. The molecular weight excluding hydrogens is 391 g/mol. The second kappa shape index (κ2) is 7.30. The van der Waals surface area contributed by atoms with Crippen LogP contribution >= 0.6 is 0 Å². The van der Waals surface area contributed by atoms with Crippen LogP contribution in [0.4, 0.5) is 13.2 Å². The zero-order valence-corrected chi connectivity index (χ0v) is 15.9. The van der Waals surface area contributed by atoms with Crippen LogP contribution in [0.2, 0.25) is 0 Å². The molecule has 0 radical (unpaired) electrons. The minimum Gasteiger partial charge on any atom is -0.313 e. The number of hydrogen-bond donors (Lipinski definition) is 0. The van der Waals surface area contributed by atoms with Crippen molar-refractivity contribution in [2.24, 2.45) is 0 Å². The van der Waals surface area contributed by atoms with Gasteiger partial charge in [-0.25, -0.2) is 0 Å². The van der Waals surface area contributed by atoms with Gasteiger partial charge in [-0.2, -0.15) is 13.2 Å². The van der Waals surface area contributed by atoms with Gasteiger partial charge in [-0.1, -0.05) is 48.5 Å². The molecule has 0 saturated carbocycles. The first-order chi connectivity index (χ1) is 14.3. The SMILES string of the molecule is CC(=O)c1c(-c2ccc(C(F)(F)F)cc2)c(C(=O)c2ccccc2)c2ccccn12. The van der Waals surface area contributed by atoms with E-state index in [1.165, 1.54) is 19.1 Å². The third-order valence-electron chi connectivity index (χ3n) is 4.94. The number of nitrogens with zero attached hydrogens (tertiary/aromatic N) is 1. The molecule has 0 spiro atoms. The number of Topliss-reactive ketones (excluding diaryl/α,β-unsaturated/α-hetero) is 1. The maximum atomic E-state index is 13.4. The highest BCUT2D eigenvalue weighted by atomic mass is 19.4. The highest BCUT2D eigenvalue weighted by Gasteiger charge is 2.31. The standard InChI is InChI=1S/C24H16F3NO2/c1-15(29)22-20(16-10-12-18(13-11-16)24(25,26)27)21(19-9-5-6-14-28(19)22)23(30)17-7-3-2-4-8-17/h2-14H,1H3. The predicted octanol–water partition coefficient (Wildman–Crippen LogP) is 6.06. The zero-order valence-electron chi connectivity index (χ0n) is 15.9. The first-order valence-electron chi connectivity index (χ1n) is 9.20. The molecule has 150 valence electrons. The van der Waals surface area contributed by atoms with Crippen LogP contribution in [0.25, 0.3) is 16.6 Å². The normalized spacial score (nSPS) is 11.6. The topological polar surface area (TPSA) is 38.5 Å². The summed E-state index contributed by atoms with van der Waals surface area (Å²) >= 11 is 0.